The van der Waals surface area contributed by atoms with Crippen molar-refractivity contribution in [1.29, 1.82) is 0 Å². The molecule has 0 saturated heterocycles. The van der Waals surface area contributed by atoms with Crippen molar-refractivity contribution in [2.45, 2.75) is 26.3 Å². The summed E-state index contributed by atoms with van der Waals surface area (Å²) in [5.41, 5.74) is 1.98. The average Bonchev–Trinajstić information content (AvgIpc) is 3.15. The molecule has 4 nitrogen and oxygen atoms in total. The minimum absolute atomic E-state index is 0.112. The van der Waals surface area contributed by atoms with Crippen molar-refractivity contribution in [1.82, 2.24) is 15.3 Å². The Kier molecular flexibility index (Phi) is 6.01. The van der Waals surface area contributed by atoms with Gasteiger partial charge in [0.2, 0.25) is 0 Å². The Balaban J connectivity index is 1.82. The maximum Gasteiger partial charge on any atom is 0.270 e. The fourth-order valence-electron chi connectivity index (χ4n) is 2.70. The van der Waals surface area contributed by atoms with Crippen molar-refractivity contribution in [2.24, 2.45) is 5.92 Å². The zero-order chi connectivity index (χ0) is 18.5. The van der Waals surface area contributed by atoms with E-state index in [-0.39, 0.29) is 11.9 Å². The Bertz CT molecular complexity index is 880. The zero-order valence-electron chi connectivity index (χ0n) is 14.6. The normalized spacial score (nSPS) is 12.2. The molecule has 6 heteroatoms. The van der Waals surface area contributed by atoms with E-state index >= 15 is 0 Å². The van der Waals surface area contributed by atoms with Gasteiger partial charge >= 0.3 is 0 Å². The van der Waals surface area contributed by atoms with Gasteiger partial charge in [-0.15, -0.1) is 11.3 Å². The lowest BCUT2D eigenvalue weighted by Crippen LogP contribution is -2.30. The second kappa shape index (κ2) is 8.43. The van der Waals surface area contributed by atoms with Gasteiger partial charge < -0.3 is 5.32 Å². The number of hydrogen-bond acceptors (Lipinski definition) is 4. The van der Waals surface area contributed by atoms with Crippen LogP contribution in [0.5, 0.6) is 0 Å². The van der Waals surface area contributed by atoms with Crippen LogP contribution in [0.4, 0.5) is 0 Å². The molecule has 2 aromatic heterocycles. The maximum atomic E-state index is 12.8. The summed E-state index contributed by atoms with van der Waals surface area (Å²) < 4.78 is 0. The Hall–Kier alpha value is -2.24. The fraction of sp³-hybridized carbons (Fsp3) is 0.250. The van der Waals surface area contributed by atoms with Gasteiger partial charge in [-0.3, -0.25) is 4.79 Å². The highest BCUT2D eigenvalue weighted by Crippen LogP contribution is 2.24. The van der Waals surface area contributed by atoms with Crippen LogP contribution < -0.4 is 5.32 Å². The van der Waals surface area contributed by atoms with Crippen LogP contribution >= 0.6 is 22.9 Å². The summed E-state index contributed by atoms with van der Waals surface area (Å²) in [7, 11) is 0. The summed E-state index contributed by atoms with van der Waals surface area (Å²) >= 11 is 7.61. The van der Waals surface area contributed by atoms with Crippen LogP contribution in [0.3, 0.4) is 0 Å². The summed E-state index contributed by atoms with van der Waals surface area (Å²) in [6, 6.07) is 12.7. The molecule has 0 aliphatic heterocycles. The van der Waals surface area contributed by atoms with Crippen LogP contribution in [0.15, 0.2) is 54.0 Å². The highest BCUT2D eigenvalue weighted by atomic mass is 35.5. The highest BCUT2D eigenvalue weighted by molar-refractivity contribution is 7.09. The molecule has 1 amide bonds. The van der Waals surface area contributed by atoms with Crippen molar-refractivity contribution in [2.75, 3.05) is 0 Å². The molecule has 0 bridgehead atoms. The second-order valence-corrected chi connectivity index (χ2v) is 7.81. The largest absolute Gasteiger partial charge is 0.341 e. The molecule has 0 fully saturated rings. The van der Waals surface area contributed by atoms with Gasteiger partial charge in [0.25, 0.3) is 5.91 Å². The van der Waals surface area contributed by atoms with Crippen molar-refractivity contribution in [3.63, 3.8) is 0 Å². The third kappa shape index (κ3) is 4.68. The standard InChI is InChI=1S/C20H20ClN3OS/c1-13(2)11-18(20-22-9-10-26-20)24-19(25)17-8-4-7-16(23-17)14-5-3-6-15(21)12-14/h3-10,12-13,18H,11H2,1-2H3,(H,24,25)/t18-/m0/s1. The Morgan fingerprint density at radius 2 is 2.04 bits per heavy atom. The van der Waals surface area contributed by atoms with Crippen molar-refractivity contribution in [3.8, 4) is 11.3 Å². The predicted molar refractivity (Wildman–Crippen MR) is 106 cm³/mol. The van der Waals surface area contributed by atoms with E-state index in [9.17, 15) is 4.79 Å². The fourth-order valence-corrected chi connectivity index (χ4v) is 3.59. The SMILES string of the molecule is CC(C)C[C@H](NC(=O)c1cccc(-c2cccc(Cl)c2)n1)c1nccs1. The summed E-state index contributed by atoms with van der Waals surface area (Å²) in [4.78, 5) is 21.6. The Morgan fingerprint density at radius 1 is 1.23 bits per heavy atom. The molecular formula is C20H20ClN3OS. The van der Waals surface area contributed by atoms with Crippen LogP contribution in [-0.2, 0) is 0 Å². The molecule has 134 valence electrons. The molecule has 2 heterocycles. The quantitative estimate of drug-likeness (QED) is 0.620. The first kappa shape index (κ1) is 18.5. The number of thiazole rings is 1. The zero-order valence-corrected chi connectivity index (χ0v) is 16.2. The molecule has 0 spiro atoms. The Labute approximate surface area is 162 Å². The molecule has 0 unspecified atom stereocenters. The molecule has 26 heavy (non-hydrogen) atoms. The molecule has 0 aliphatic rings. The van der Waals surface area contributed by atoms with E-state index in [2.05, 4.69) is 29.1 Å². The number of halogens is 1. The van der Waals surface area contributed by atoms with Gasteiger partial charge in [-0.25, -0.2) is 9.97 Å². The third-order valence-corrected chi connectivity index (χ3v) is 4.99. The molecule has 3 aromatic rings. The maximum absolute atomic E-state index is 12.8. The second-order valence-electron chi connectivity index (χ2n) is 6.44. The number of carbonyl (C=O) groups excluding carboxylic acids is 1. The van der Waals surface area contributed by atoms with Crippen LogP contribution in [-0.4, -0.2) is 15.9 Å². The number of pyridine rings is 1. The van der Waals surface area contributed by atoms with Crippen molar-refractivity contribution < 1.29 is 4.79 Å². The summed E-state index contributed by atoms with van der Waals surface area (Å²) in [5, 5.41) is 6.55. The lowest BCUT2D eigenvalue weighted by molar-refractivity contribution is 0.0927. The number of carbonyl (C=O) groups is 1. The van der Waals surface area contributed by atoms with Crippen molar-refractivity contribution in [3.05, 3.63) is 69.8 Å². The molecule has 1 N–H and O–H groups in total. The molecular weight excluding hydrogens is 366 g/mol. The van der Waals surface area contributed by atoms with E-state index in [4.69, 9.17) is 11.6 Å². The highest BCUT2D eigenvalue weighted by Gasteiger charge is 2.20. The van der Waals surface area contributed by atoms with Gasteiger partial charge in [0, 0.05) is 22.2 Å². The minimum atomic E-state index is -0.199. The van der Waals surface area contributed by atoms with E-state index in [0.717, 1.165) is 22.7 Å². The van der Waals surface area contributed by atoms with Gasteiger partial charge in [0.05, 0.1) is 11.7 Å². The summed E-state index contributed by atoms with van der Waals surface area (Å²) in [6.07, 6.45) is 2.59. The van der Waals surface area contributed by atoms with Crippen LogP contribution in [0.25, 0.3) is 11.3 Å². The molecule has 1 atom stereocenters. The first-order valence-corrected chi connectivity index (χ1v) is 9.72. The molecule has 3 rings (SSSR count). The van der Waals surface area contributed by atoms with Gasteiger partial charge in [0.15, 0.2) is 0 Å². The lowest BCUT2D eigenvalue weighted by Gasteiger charge is -2.18. The molecule has 0 radical (unpaired) electrons. The number of nitrogens with one attached hydrogen (secondary N) is 1. The lowest BCUT2D eigenvalue weighted by atomic mass is 10.0. The average molecular weight is 386 g/mol. The Morgan fingerprint density at radius 3 is 2.73 bits per heavy atom. The van der Waals surface area contributed by atoms with Gasteiger partial charge in [0.1, 0.15) is 10.7 Å². The van der Waals surface area contributed by atoms with E-state index in [1.54, 1.807) is 23.6 Å². The summed E-state index contributed by atoms with van der Waals surface area (Å²) in [6.45, 7) is 4.26. The van der Waals surface area contributed by atoms with E-state index < -0.39 is 0 Å². The van der Waals surface area contributed by atoms with E-state index in [0.29, 0.717) is 16.6 Å². The number of amides is 1. The first-order chi connectivity index (χ1) is 12.5. The van der Waals surface area contributed by atoms with Gasteiger partial charge in [-0.2, -0.15) is 0 Å². The van der Waals surface area contributed by atoms with Crippen LogP contribution in [0.2, 0.25) is 5.02 Å². The number of benzene rings is 1. The predicted octanol–water partition coefficient (Wildman–Crippen LogP) is 5.38. The number of hydrogen-bond donors (Lipinski definition) is 1. The van der Waals surface area contributed by atoms with Crippen LogP contribution in [0, 0.1) is 5.92 Å². The smallest absolute Gasteiger partial charge is 0.270 e. The van der Waals surface area contributed by atoms with Gasteiger partial charge in [-0.1, -0.05) is 43.6 Å². The monoisotopic (exact) mass is 385 g/mol. The van der Waals surface area contributed by atoms with E-state index in [1.165, 1.54) is 0 Å². The number of aromatic nitrogens is 2. The van der Waals surface area contributed by atoms with Crippen molar-refractivity contribution >= 4 is 28.8 Å². The summed E-state index contributed by atoms with van der Waals surface area (Å²) in [5.74, 6) is 0.240. The first-order valence-electron chi connectivity index (χ1n) is 8.46. The van der Waals surface area contributed by atoms with Crippen LogP contribution in [0.1, 0.15) is 41.8 Å². The number of rotatable bonds is 6. The molecule has 0 saturated carbocycles. The molecule has 0 aliphatic carbocycles. The molecule has 1 aromatic carbocycles. The topological polar surface area (TPSA) is 54.9 Å². The minimum Gasteiger partial charge on any atom is -0.341 e. The van der Waals surface area contributed by atoms with Gasteiger partial charge in [-0.05, 0) is 36.6 Å². The third-order valence-electron chi connectivity index (χ3n) is 3.86. The van der Waals surface area contributed by atoms with E-state index in [1.807, 2.05) is 41.8 Å². The number of nitrogens with zero attached hydrogens (tertiary/aromatic N) is 2.